The molecule has 2 aromatic carbocycles. The lowest BCUT2D eigenvalue weighted by molar-refractivity contribution is 0.189. The highest BCUT2D eigenvalue weighted by Crippen LogP contribution is 2.31. The average molecular weight is 336 g/mol. The Kier molecular flexibility index (Phi) is 5.42. The Labute approximate surface area is 151 Å². The minimum atomic E-state index is 0.0150. The van der Waals surface area contributed by atoms with Crippen LogP contribution in [0, 0.1) is 20.8 Å². The first kappa shape index (κ1) is 17.5. The molecule has 3 heteroatoms. The van der Waals surface area contributed by atoms with E-state index in [0.717, 1.165) is 36.2 Å². The Morgan fingerprint density at radius 2 is 1.68 bits per heavy atom. The van der Waals surface area contributed by atoms with Crippen molar-refractivity contribution in [3.05, 3.63) is 64.7 Å². The first-order valence-corrected chi connectivity index (χ1v) is 9.26. The van der Waals surface area contributed by atoms with E-state index in [1.165, 1.54) is 24.0 Å². The fourth-order valence-corrected chi connectivity index (χ4v) is 3.54. The molecule has 1 fully saturated rings. The minimum absolute atomic E-state index is 0.0150. The third-order valence-electron chi connectivity index (χ3n) is 5.11. The number of amides is 2. The zero-order valence-electron chi connectivity index (χ0n) is 15.5. The van der Waals surface area contributed by atoms with Crippen molar-refractivity contribution in [3.8, 4) is 0 Å². The fourth-order valence-electron chi connectivity index (χ4n) is 3.54. The van der Waals surface area contributed by atoms with Gasteiger partial charge in [-0.3, -0.25) is 0 Å². The molecule has 1 N–H and O–H groups in total. The third kappa shape index (κ3) is 4.22. The van der Waals surface area contributed by atoms with E-state index in [4.69, 9.17) is 0 Å². The molecule has 1 saturated heterocycles. The number of nitrogens with one attached hydrogen (secondary N) is 1. The van der Waals surface area contributed by atoms with Gasteiger partial charge in [-0.1, -0.05) is 54.8 Å². The zero-order valence-corrected chi connectivity index (χ0v) is 15.5. The van der Waals surface area contributed by atoms with Crippen LogP contribution in [0.25, 0.3) is 0 Å². The predicted molar refractivity (Wildman–Crippen MR) is 104 cm³/mol. The highest BCUT2D eigenvalue weighted by molar-refractivity contribution is 5.90. The lowest BCUT2D eigenvalue weighted by atomic mass is 10.00. The van der Waals surface area contributed by atoms with Gasteiger partial charge in [-0.05, 0) is 56.4 Å². The van der Waals surface area contributed by atoms with Crippen LogP contribution in [0.3, 0.4) is 0 Å². The van der Waals surface area contributed by atoms with Crippen LogP contribution >= 0.6 is 0 Å². The summed E-state index contributed by atoms with van der Waals surface area (Å²) >= 11 is 0. The molecule has 2 aromatic rings. The van der Waals surface area contributed by atoms with E-state index >= 15 is 0 Å². The first-order valence-electron chi connectivity index (χ1n) is 9.26. The number of hydrogen-bond donors (Lipinski definition) is 1. The number of carbonyl (C=O) groups excluding carboxylic acids is 1. The topological polar surface area (TPSA) is 32.3 Å². The predicted octanol–water partition coefficient (Wildman–Crippen LogP) is 5.76. The van der Waals surface area contributed by atoms with Gasteiger partial charge in [0.15, 0.2) is 0 Å². The molecular weight excluding hydrogens is 308 g/mol. The van der Waals surface area contributed by atoms with Crippen molar-refractivity contribution in [1.29, 1.82) is 0 Å². The molecule has 25 heavy (non-hydrogen) atoms. The van der Waals surface area contributed by atoms with Crippen LogP contribution in [-0.4, -0.2) is 17.5 Å². The third-order valence-corrected chi connectivity index (χ3v) is 5.11. The maximum absolute atomic E-state index is 13.0. The summed E-state index contributed by atoms with van der Waals surface area (Å²) in [5, 5.41) is 3.15. The summed E-state index contributed by atoms with van der Waals surface area (Å²) in [7, 11) is 0. The molecule has 0 bridgehead atoms. The van der Waals surface area contributed by atoms with Gasteiger partial charge in [-0.15, -0.1) is 0 Å². The van der Waals surface area contributed by atoms with Crippen LogP contribution < -0.4 is 5.32 Å². The lowest BCUT2D eigenvalue weighted by Gasteiger charge is -2.31. The van der Waals surface area contributed by atoms with E-state index in [1.807, 2.05) is 17.9 Å². The first-order chi connectivity index (χ1) is 12.0. The van der Waals surface area contributed by atoms with E-state index < -0.39 is 0 Å². The van der Waals surface area contributed by atoms with Crippen molar-refractivity contribution in [2.24, 2.45) is 0 Å². The Bertz CT molecular complexity index is 736. The Hall–Kier alpha value is -2.29. The van der Waals surface area contributed by atoms with Gasteiger partial charge in [0.05, 0.1) is 6.04 Å². The molecule has 132 valence electrons. The highest BCUT2D eigenvalue weighted by Gasteiger charge is 2.27. The van der Waals surface area contributed by atoms with Gasteiger partial charge in [0.2, 0.25) is 0 Å². The van der Waals surface area contributed by atoms with Crippen LogP contribution in [0.2, 0.25) is 0 Å². The molecule has 1 atom stereocenters. The quantitative estimate of drug-likeness (QED) is 0.743. The molecule has 0 radical (unpaired) electrons. The van der Waals surface area contributed by atoms with E-state index in [2.05, 4.69) is 55.6 Å². The largest absolute Gasteiger partial charge is 0.322 e. The second-order valence-corrected chi connectivity index (χ2v) is 7.22. The van der Waals surface area contributed by atoms with Crippen LogP contribution in [0.5, 0.6) is 0 Å². The van der Waals surface area contributed by atoms with Crippen molar-refractivity contribution in [3.63, 3.8) is 0 Å². The summed E-state index contributed by atoms with van der Waals surface area (Å²) in [5.74, 6) is 0. The second kappa shape index (κ2) is 7.73. The number of rotatable bonds is 2. The van der Waals surface area contributed by atoms with Crippen molar-refractivity contribution >= 4 is 11.7 Å². The Morgan fingerprint density at radius 3 is 2.44 bits per heavy atom. The monoisotopic (exact) mass is 336 g/mol. The molecule has 1 aliphatic rings. The number of aryl methyl sites for hydroxylation is 3. The van der Waals surface area contributed by atoms with Crippen LogP contribution in [-0.2, 0) is 0 Å². The van der Waals surface area contributed by atoms with Gasteiger partial charge < -0.3 is 10.2 Å². The average Bonchev–Trinajstić information content (AvgIpc) is 2.85. The Balaban J connectivity index is 1.84. The van der Waals surface area contributed by atoms with Crippen molar-refractivity contribution < 1.29 is 4.79 Å². The van der Waals surface area contributed by atoms with Gasteiger partial charge in [0.1, 0.15) is 0 Å². The molecular formula is C22H28N2O. The zero-order chi connectivity index (χ0) is 17.8. The minimum Gasteiger partial charge on any atom is -0.317 e. The van der Waals surface area contributed by atoms with E-state index in [9.17, 15) is 4.79 Å². The number of benzene rings is 2. The molecule has 0 spiro atoms. The Morgan fingerprint density at radius 1 is 0.960 bits per heavy atom. The number of anilines is 1. The summed E-state index contributed by atoms with van der Waals surface area (Å²) < 4.78 is 0. The van der Waals surface area contributed by atoms with Gasteiger partial charge in [-0.2, -0.15) is 0 Å². The summed E-state index contributed by atoms with van der Waals surface area (Å²) in [6.07, 6.45) is 4.47. The van der Waals surface area contributed by atoms with Gasteiger partial charge in [-0.25, -0.2) is 4.79 Å². The number of hydrogen-bond acceptors (Lipinski definition) is 1. The summed E-state index contributed by atoms with van der Waals surface area (Å²) in [4.78, 5) is 15.1. The maximum Gasteiger partial charge on any atom is 0.322 e. The van der Waals surface area contributed by atoms with Gasteiger partial charge in [0.25, 0.3) is 0 Å². The SMILES string of the molecule is Cc1ccc([C@@H]2CCCCCN2C(=O)Nc2cc(C)ccc2C)cc1. The highest BCUT2D eigenvalue weighted by atomic mass is 16.2. The molecule has 1 heterocycles. The van der Waals surface area contributed by atoms with E-state index in [0.29, 0.717) is 0 Å². The number of nitrogens with zero attached hydrogens (tertiary/aromatic N) is 1. The van der Waals surface area contributed by atoms with Crippen LogP contribution in [0.4, 0.5) is 10.5 Å². The van der Waals surface area contributed by atoms with E-state index in [1.54, 1.807) is 0 Å². The molecule has 0 aromatic heterocycles. The molecule has 1 aliphatic heterocycles. The number of carbonyl (C=O) groups is 1. The van der Waals surface area contributed by atoms with Crippen molar-refractivity contribution in [2.75, 3.05) is 11.9 Å². The summed E-state index contributed by atoms with van der Waals surface area (Å²) in [6.45, 7) is 7.00. The molecule has 3 rings (SSSR count). The second-order valence-electron chi connectivity index (χ2n) is 7.22. The van der Waals surface area contributed by atoms with E-state index in [-0.39, 0.29) is 12.1 Å². The number of urea groups is 1. The smallest absolute Gasteiger partial charge is 0.317 e. The lowest BCUT2D eigenvalue weighted by Crippen LogP contribution is -2.38. The fraction of sp³-hybridized carbons (Fsp3) is 0.409. The summed E-state index contributed by atoms with van der Waals surface area (Å²) in [5.41, 5.74) is 5.66. The van der Waals surface area contributed by atoms with Gasteiger partial charge >= 0.3 is 6.03 Å². The van der Waals surface area contributed by atoms with Crippen molar-refractivity contribution in [1.82, 2.24) is 4.90 Å². The standard InChI is InChI=1S/C22H28N2O/c1-16-9-12-19(13-10-16)21-7-5-4-6-14-24(21)22(25)23-20-15-17(2)8-11-18(20)3/h8-13,15,21H,4-7,14H2,1-3H3,(H,23,25)/t21-/m0/s1. The number of likely N-dealkylation sites (tertiary alicyclic amines) is 1. The normalized spacial score (nSPS) is 17.9. The molecule has 2 amide bonds. The van der Waals surface area contributed by atoms with Gasteiger partial charge in [0, 0.05) is 12.2 Å². The van der Waals surface area contributed by atoms with Crippen LogP contribution in [0.1, 0.15) is 54.0 Å². The molecule has 3 nitrogen and oxygen atoms in total. The molecule has 0 saturated carbocycles. The summed E-state index contributed by atoms with van der Waals surface area (Å²) in [6, 6.07) is 15.0. The van der Waals surface area contributed by atoms with Crippen LogP contribution in [0.15, 0.2) is 42.5 Å². The van der Waals surface area contributed by atoms with Crippen molar-refractivity contribution in [2.45, 2.75) is 52.5 Å². The molecule has 0 unspecified atom stereocenters. The molecule has 0 aliphatic carbocycles. The maximum atomic E-state index is 13.0.